The van der Waals surface area contributed by atoms with Crippen LogP contribution in [0.3, 0.4) is 0 Å². The highest BCUT2D eigenvalue weighted by Crippen LogP contribution is 2.56. The Bertz CT molecular complexity index is 389. The maximum absolute atomic E-state index is 6.32. The van der Waals surface area contributed by atoms with E-state index in [2.05, 4.69) is 27.7 Å². The highest BCUT2D eigenvalue weighted by Gasteiger charge is 2.59. The van der Waals surface area contributed by atoms with E-state index in [0.717, 1.165) is 25.7 Å². The van der Waals surface area contributed by atoms with Gasteiger partial charge in [-0.2, -0.15) is 0 Å². The van der Waals surface area contributed by atoms with Crippen LogP contribution in [0.2, 0.25) is 0 Å². The number of fused-ring (bicyclic) bond motifs is 3. The molecule has 108 valence electrons. The first-order valence-electron chi connectivity index (χ1n) is 7.35. The summed E-state index contributed by atoms with van der Waals surface area (Å²) in [7, 11) is 0. The molecule has 1 heterocycles. The average molecular weight is 284 g/mol. The minimum atomic E-state index is -0.0816. The fourth-order valence-corrected chi connectivity index (χ4v) is 4.39. The molecule has 0 unspecified atom stereocenters. The molecule has 1 saturated heterocycles. The van der Waals surface area contributed by atoms with Gasteiger partial charge in [-0.1, -0.05) is 6.92 Å². The van der Waals surface area contributed by atoms with Crippen molar-refractivity contribution < 1.29 is 14.2 Å². The van der Waals surface area contributed by atoms with Crippen LogP contribution in [0.5, 0.6) is 0 Å². The number of hydrogen-bond donors (Lipinski definition) is 0. The minimum absolute atomic E-state index is 0.0816. The van der Waals surface area contributed by atoms with Crippen molar-refractivity contribution in [3.63, 3.8) is 0 Å². The Morgan fingerprint density at radius 3 is 2.63 bits per heavy atom. The van der Waals surface area contributed by atoms with Crippen LogP contribution in [-0.4, -0.2) is 29.1 Å². The topological polar surface area (TPSA) is 27.7 Å². The molecule has 4 heteroatoms. The molecule has 1 aliphatic heterocycles. The van der Waals surface area contributed by atoms with Crippen LogP contribution < -0.4 is 0 Å². The van der Waals surface area contributed by atoms with E-state index in [1.165, 1.54) is 0 Å². The number of ether oxygens (including phenoxy) is 3. The van der Waals surface area contributed by atoms with Gasteiger partial charge in [0.25, 0.3) is 0 Å². The predicted molar refractivity (Wildman–Crippen MR) is 77.0 cm³/mol. The van der Waals surface area contributed by atoms with E-state index in [0.29, 0.717) is 17.3 Å². The van der Waals surface area contributed by atoms with E-state index in [1.807, 2.05) is 0 Å². The predicted octanol–water partition coefficient (Wildman–Crippen LogP) is 3.45. The van der Waals surface area contributed by atoms with E-state index in [9.17, 15) is 0 Å². The van der Waals surface area contributed by atoms with E-state index in [1.54, 1.807) is 0 Å². The van der Waals surface area contributed by atoms with Crippen molar-refractivity contribution in [2.24, 2.45) is 11.3 Å². The molecule has 2 aliphatic carbocycles. The molecule has 3 rings (SSSR count). The highest BCUT2D eigenvalue weighted by molar-refractivity contribution is 7.79. The van der Waals surface area contributed by atoms with Crippen LogP contribution in [0, 0.1) is 11.3 Å². The monoisotopic (exact) mass is 284 g/mol. The maximum atomic E-state index is 6.32. The summed E-state index contributed by atoms with van der Waals surface area (Å²) < 4.78 is 17.7. The highest BCUT2D eigenvalue weighted by atomic mass is 32.1. The number of hydrogen-bond acceptors (Lipinski definition) is 4. The van der Waals surface area contributed by atoms with Crippen LogP contribution >= 0.6 is 12.2 Å². The van der Waals surface area contributed by atoms with Crippen molar-refractivity contribution in [1.29, 1.82) is 0 Å². The van der Waals surface area contributed by atoms with Crippen molar-refractivity contribution in [3.05, 3.63) is 0 Å². The molecule has 0 aromatic rings. The van der Waals surface area contributed by atoms with E-state index in [-0.39, 0.29) is 23.2 Å². The second kappa shape index (κ2) is 4.32. The second-order valence-corrected chi connectivity index (χ2v) is 7.77. The Kier molecular flexibility index (Phi) is 3.10. The van der Waals surface area contributed by atoms with Gasteiger partial charge in [-0.3, -0.25) is 0 Å². The lowest BCUT2D eigenvalue weighted by molar-refractivity contribution is -0.133. The summed E-state index contributed by atoms with van der Waals surface area (Å²) in [5.74, 6) is 0.513. The SMILES string of the molecule is CC(C)(C)O[C@H]1CC[C@H]2[C@H]3OC(=S)O[C@H]3CC[C@]12C. The van der Waals surface area contributed by atoms with E-state index >= 15 is 0 Å². The molecule has 0 radical (unpaired) electrons. The summed E-state index contributed by atoms with van der Waals surface area (Å²) in [4.78, 5) is 0. The van der Waals surface area contributed by atoms with E-state index < -0.39 is 0 Å². The zero-order chi connectivity index (χ0) is 13.8. The van der Waals surface area contributed by atoms with Crippen molar-refractivity contribution in [3.8, 4) is 0 Å². The first-order chi connectivity index (χ1) is 8.79. The summed E-state index contributed by atoms with van der Waals surface area (Å²) >= 11 is 5.07. The summed E-state index contributed by atoms with van der Waals surface area (Å²) in [5.41, 5.74) is 0.125. The molecule has 5 atom stereocenters. The zero-order valence-corrected chi connectivity index (χ0v) is 13.1. The smallest absolute Gasteiger partial charge is 0.353 e. The summed E-state index contributed by atoms with van der Waals surface area (Å²) in [6.45, 7) is 8.78. The molecule has 3 nitrogen and oxygen atoms in total. The molecule has 3 fully saturated rings. The molecule has 0 bridgehead atoms. The van der Waals surface area contributed by atoms with Crippen LogP contribution in [0.25, 0.3) is 0 Å². The summed E-state index contributed by atoms with van der Waals surface area (Å²) in [6, 6.07) is 0. The summed E-state index contributed by atoms with van der Waals surface area (Å²) in [6.07, 6.45) is 5.12. The maximum Gasteiger partial charge on any atom is 0.353 e. The fourth-order valence-electron chi connectivity index (χ4n) is 4.16. The lowest BCUT2D eigenvalue weighted by Crippen LogP contribution is -2.49. The number of thiocarbonyl (C=S) groups is 1. The first kappa shape index (κ1) is 13.6. The lowest BCUT2D eigenvalue weighted by Gasteiger charge is -2.45. The normalized spacial score (nSPS) is 45.4. The Balaban J connectivity index is 1.80. The third-order valence-electron chi connectivity index (χ3n) is 5.03. The van der Waals surface area contributed by atoms with Crippen LogP contribution in [-0.2, 0) is 14.2 Å². The van der Waals surface area contributed by atoms with Crippen molar-refractivity contribution in [2.75, 3.05) is 0 Å². The molecule has 0 N–H and O–H groups in total. The molecule has 3 aliphatic rings. The second-order valence-electron chi connectivity index (χ2n) is 7.44. The fraction of sp³-hybridized carbons (Fsp3) is 0.933. The van der Waals surface area contributed by atoms with Gasteiger partial charge in [0.15, 0.2) is 0 Å². The first-order valence-corrected chi connectivity index (χ1v) is 7.75. The van der Waals surface area contributed by atoms with Gasteiger partial charge in [-0.25, -0.2) is 0 Å². The minimum Gasteiger partial charge on any atom is -0.450 e. The third kappa shape index (κ3) is 2.27. The van der Waals surface area contributed by atoms with Gasteiger partial charge in [0.05, 0.1) is 11.7 Å². The van der Waals surface area contributed by atoms with Gasteiger partial charge in [0.2, 0.25) is 0 Å². The molecule has 2 saturated carbocycles. The van der Waals surface area contributed by atoms with Gasteiger partial charge < -0.3 is 14.2 Å². The van der Waals surface area contributed by atoms with Crippen LogP contribution in [0.15, 0.2) is 0 Å². The molecule has 0 amide bonds. The zero-order valence-electron chi connectivity index (χ0n) is 12.3. The molecular formula is C15H24O3S. The van der Waals surface area contributed by atoms with Gasteiger partial charge in [-0.05, 0) is 46.5 Å². The Morgan fingerprint density at radius 1 is 1.21 bits per heavy atom. The molecule has 0 spiro atoms. The molecule has 0 aromatic carbocycles. The molecular weight excluding hydrogens is 260 g/mol. The number of rotatable bonds is 1. The summed E-state index contributed by atoms with van der Waals surface area (Å²) in [5, 5.41) is 0.347. The van der Waals surface area contributed by atoms with E-state index in [4.69, 9.17) is 26.4 Å². The lowest BCUT2D eigenvalue weighted by atomic mass is 9.66. The average Bonchev–Trinajstić information content (AvgIpc) is 2.78. The van der Waals surface area contributed by atoms with Gasteiger partial charge in [0.1, 0.15) is 12.2 Å². The van der Waals surface area contributed by atoms with Crippen molar-refractivity contribution in [1.82, 2.24) is 0 Å². The van der Waals surface area contributed by atoms with Gasteiger partial charge in [0, 0.05) is 23.6 Å². The largest absolute Gasteiger partial charge is 0.450 e. The molecule has 0 aromatic heterocycles. The van der Waals surface area contributed by atoms with Crippen LogP contribution in [0.4, 0.5) is 0 Å². The van der Waals surface area contributed by atoms with Crippen molar-refractivity contribution in [2.45, 2.75) is 77.3 Å². The van der Waals surface area contributed by atoms with Gasteiger partial charge in [-0.15, -0.1) is 0 Å². The standard InChI is InChI=1S/C15H24O3S/c1-14(2,3)18-11-6-5-9-12-10(16-13(19)17-12)7-8-15(9,11)4/h9-12H,5-8H2,1-4H3/t9-,10-,11-,12+,15-/m0/s1. The van der Waals surface area contributed by atoms with Crippen molar-refractivity contribution >= 4 is 17.5 Å². The van der Waals surface area contributed by atoms with Gasteiger partial charge >= 0.3 is 5.24 Å². The van der Waals surface area contributed by atoms with Crippen LogP contribution in [0.1, 0.15) is 53.4 Å². The third-order valence-corrected chi connectivity index (χ3v) is 5.22. The Hall–Kier alpha value is -0.350. The quantitative estimate of drug-likeness (QED) is 0.689. The Labute approximate surface area is 121 Å². The Morgan fingerprint density at radius 2 is 1.95 bits per heavy atom. The molecule has 19 heavy (non-hydrogen) atoms.